The van der Waals surface area contributed by atoms with E-state index in [1.54, 1.807) is 0 Å². The summed E-state index contributed by atoms with van der Waals surface area (Å²) < 4.78 is 15.3. The summed E-state index contributed by atoms with van der Waals surface area (Å²) in [5.74, 6) is -0.967. The molecule has 0 radical (unpaired) electrons. The van der Waals surface area contributed by atoms with Crippen LogP contribution in [0, 0.1) is 21.7 Å². The minimum atomic E-state index is -0.491. The Labute approximate surface area is 178 Å². The number of hydroxylamine groups is 1. The zero-order valence-electron chi connectivity index (χ0n) is 14.6. The average Bonchev–Trinajstić information content (AvgIpc) is 3.40. The molecular formula is C19H19BrFIN2O3. The van der Waals surface area contributed by atoms with E-state index in [1.165, 1.54) is 12.1 Å². The number of carbonyl (C=O) groups is 1. The van der Waals surface area contributed by atoms with Gasteiger partial charge in [0, 0.05) is 14.7 Å². The van der Waals surface area contributed by atoms with Gasteiger partial charge in [-0.1, -0.05) is 0 Å². The molecule has 3 rings (SSSR count). The summed E-state index contributed by atoms with van der Waals surface area (Å²) in [5.41, 5.74) is 4.49. The van der Waals surface area contributed by atoms with Gasteiger partial charge in [-0.3, -0.25) is 9.63 Å². The van der Waals surface area contributed by atoms with Crippen LogP contribution in [-0.4, -0.2) is 24.2 Å². The van der Waals surface area contributed by atoms with Crippen molar-refractivity contribution in [2.24, 2.45) is 5.41 Å². The average molecular weight is 549 g/mol. The van der Waals surface area contributed by atoms with Crippen LogP contribution in [0.5, 0.6) is 0 Å². The summed E-state index contributed by atoms with van der Waals surface area (Å²) in [4.78, 5) is 17.9. The van der Waals surface area contributed by atoms with Gasteiger partial charge in [0.15, 0.2) is 0 Å². The molecule has 1 aliphatic carbocycles. The molecule has 27 heavy (non-hydrogen) atoms. The standard InChI is InChI=1S/C19H19BrFIN2O3/c1-11-6-12(22)2-3-16(11)23-17-8-15(21)14(20)7-13(17)18(26)24-27-10-19(9-25)4-5-19/h2-3,6-8,23,25H,4-5,9-10H2,1H3,(H,24,26). The molecule has 1 amide bonds. The summed E-state index contributed by atoms with van der Waals surface area (Å²) in [6.45, 7) is 2.22. The second-order valence-corrected chi connectivity index (χ2v) is 8.87. The van der Waals surface area contributed by atoms with Gasteiger partial charge in [0.05, 0.1) is 28.9 Å². The highest BCUT2D eigenvalue weighted by Crippen LogP contribution is 2.44. The first-order chi connectivity index (χ1) is 12.8. The van der Waals surface area contributed by atoms with Crippen molar-refractivity contribution in [1.82, 2.24) is 5.48 Å². The molecule has 0 heterocycles. The van der Waals surface area contributed by atoms with Crippen LogP contribution in [0.15, 0.2) is 34.8 Å². The van der Waals surface area contributed by atoms with Crippen LogP contribution in [0.1, 0.15) is 28.8 Å². The summed E-state index contributed by atoms with van der Waals surface area (Å²) in [5, 5.41) is 12.4. The van der Waals surface area contributed by atoms with E-state index in [1.807, 2.05) is 25.1 Å². The highest BCUT2D eigenvalue weighted by atomic mass is 127. The Morgan fingerprint density at radius 3 is 2.70 bits per heavy atom. The van der Waals surface area contributed by atoms with Gasteiger partial charge in [0.25, 0.3) is 5.91 Å². The van der Waals surface area contributed by atoms with Crippen molar-refractivity contribution in [1.29, 1.82) is 0 Å². The zero-order chi connectivity index (χ0) is 19.6. The first kappa shape index (κ1) is 20.5. The summed E-state index contributed by atoms with van der Waals surface area (Å²) in [6.07, 6.45) is 1.75. The van der Waals surface area contributed by atoms with Gasteiger partial charge >= 0.3 is 0 Å². The van der Waals surface area contributed by atoms with Gasteiger partial charge < -0.3 is 10.4 Å². The fraction of sp³-hybridized carbons (Fsp3) is 0.316. The molecule has 0 aromatic heterocycles. The van der Waals surface area contributed by atoms with E-state index in [0.29, 0.717) is 5.69 Å². The van der Waals surface area contributed by atoms with Crippen molar-refractivity contribution in [2.45, 2.75) is 19.8 Å². The molecule has 8 heteroatoms. The highest BCUT2D eigenvalue weighted by Gasteiger charge is 2.42. The molecule has 0 spiro atoms. The fourth-order valence-corrected chi connectivity index (χ4v) is 3.58. The predicted molar refractivity (Wildman–Crippen MR) is 113 cm³/mol. The quantitative estimate of drug-likeness (QED) is 0.347. The van der Waals surface area contributed by atoms with E-state index in [2.05, 4.69) is 49.3 Å². The number of carbonyl (C=O) groups excluding carboxylic acids is 1. The summed E-state index contributed by atoms with van der Waals surface area (Å²) in [6, 6.07) is 8.49. The third-order valence-electron chi connectivity index (χ3n) is 4.60. The lowest BCUT2D eigenvalue weighted by Crippen LogP contribution is -2.28. The number of aliphatic hydroxyl groups excluding tert-OH is 1. The van der Waals surface area contributed by atoms with Crippen molar-refractivity contribution < 1.29 is 19.1 Å². The number of anilines is 2. The third kappa shape index (κ3) is 4.98. The molecule has 5 nitrogen and oxygen atoms in total. The second-order valence-electron chi connectivity index (χ2n) is 6.77. The normalized spacial score (nSPS) is 14.7. The highest BCUT2D eigenvalue weighted by molar-refractivity contribution is 14.1. The maximum Gasteiger partial charge on any atom is 0.276 e. The molecule has 2 aromatic rings. The predicted octanol–water partition coefficient (Wildman–Crippen LogP) is 4.68. The summed E-state index contributed by atoms with van der Waals surface area (Å²) >= 11 is 5.34. The number of hydrogen-bond donors (Lipinski definition) is 3. The largest absolute Gasteiger partial charge is 0.396 e. The number of aryl methyl sites for hydroxylation is 1. The maximum atomic E-state index is 14.1. The number of benzene rings is 2. The van der Waals surface area contributed by atoms with Gasteiger partial charge in [0.2, 0.25) is 0 Å². The molecule has 144 valence electrons. The number of halogens is 3. The van der Waals surface area contributed by atoms with Crippen molar-refractivity contribution in [3.05, 3.63) is 55.3 Å². The lowest BCUT2D eigenvalue weighted by Gasteiger charge is -2.16. The molecule has 1 fully saturated rings. The Bertz CT molecular complexity index is 874. The molecule has 0 aliphatic heterocycles. The van der Waals surface area contributed by atoms with E-state index in [9.17, 15) is 14.3 Å². The van der Waals surface area contributed by atoms with E-state index in [4.69, 9.17) is 4.84 Å². The lowest BCUT2D eigenvalue weighted by molar-refractivity contribution is -0.0000266. The van der Waals surface area contributed by atoms with Crippen LogP contribution in [0.25, 0.3) is 0 Å². The van der Waals surface area contributed by atoms with Gasteiger partial charge in [-0.2, -0.15) is 0 Å². The minimum absolute atomic E-state index is 0.0316. The maximum absolute atomic E-state index is 14.1. The van der Waals surface area contributed by atoms with Crippen molar-refractivity contribution in [3.63, 3.8) is 0 Å². The van der Waals surface area contributed by atoms with Crippen molar-refractivity contribution in [2.75, 3.05) is 18.5 Å². The molecule has 1 aliphatic rings. The van der Waals surface area contributed by atoms with Gasteiger partial charge in [0.1, 0.15) is 5.82 Å². The van der Waals surface area contributed by atoms with E-state index >= 15 is 0 Å². The Kier molecular flexibility index (Phi) is 6.39. The fourth-order valence-electron chi connectivity index (χ4n) is 2.59. The van der Waals surface area contributed by atoms with Crippen LogP contribution in [-0.2, 0) is 4.84 Å². The van der Waals surface area contributed by atoms with Crippen LogP contribution < -0.4 is 10.8 Å². The minimum Gasteiger partial charge on any atom is -0.396 e. The molecule has 0 unspecified atom stereocenters. The molecule has 3 N–H and O–H groups in total. The van der Waals surface area contributed by atoms with Gasteiger partial charge in [-0.15, -0.1) is 0 Å². The molecule has 2 aromatic carbocycles. The molecule has 1 saturated carbocycles. The van der Waals surface area contributed by atoms with Crippen LogP contribution in [0.3, 0.4) is 0 Å². The monoisotopic (exact) mass is 548 g/mol. The topological polar surface area (TPSA) is 70.6 Å². The number of nitrogens with one attached hydrogen (secondary N) is 2. The van der Waals surface area contributed by atoms with E-state index < -0.39 is 11.7 Å². The van der Waals surface area contributed by atoms with Crippen LogP contribution in [0.4, 0.5) is 15.8 Å². The van der Waals surface area contributed by atoms with Crippen LogP contribution in [0.2, 0.25) is 0 Å². The molecular weight excluding hydrogens is 530 g/mol. The van der Waals surface area contributed by atoms with E-state index in [-0.39, 0.29) is 28.7 Å². The summed E-state index contributed by atoms with van der Waals surface area (Å²) in [7, 11) is 0. The zero-order valence-corrected chi connectivity index (χ0v) is 18.4. The third-order valence-corrected chi connectivity index (χ3v) is 5.88. The number of rotatable bonds is 7. The number of amides is 1. The smallest absolute Gasteiger partial charge is 0.276 e. The molecule has 0 bridgehead atoms. The van der Waals surface area contributed by atoms with Gasteiger partial charge in [-0.05, 0) is 94.2 Å². The molecule has 0 atom stereocenters. The Hall–Kier alpha value is -1.23. The second kappa shape index (κ2) is 8.42. The van der Waals surface area contributed by atoms with E-state index in [0.717, 1.165) is 27.7 Å². The number of aliphatic hydroxyl groups is 1. The van der Waals surface area contributed by atoms with Crippen molar-refractivity contribution >= 4 is 55.8 Å². The first-order valence-corrected chi connectivity index (χ1v) is 10.3. The molecule has 0 saturated heterocycles. The first-order valence-electron chi connectivity index (χ1n) is 8.39. The Morgan fingerprint density at radius 2 is 2.07 bits per heavy atom. The van der Waals surface area contributed by atoms with Crippen LogP contribution >= 0.6 is 38.5 Å². The van der Waals surface area contributed by atoms with Gasteiger partial charge in [-0.25, -0.2) is 9.87 Å². The lowest BCUT2D eigenvalue weighted by atomic mass is 10.1. The number of hydrogen-bond acceptors (Lipinski definition) is 4. The Morgan fingerprint density at radius 1 is 1.33 bits per heavy atom. The Balaban J connectivity index is 1.79. The van der Waals surface area contributed by atoms with Crippen molar-refractivity contribution in [3.8, 4) is 0 Å². The SMILES string of the molecule is Cc1cc(I)ccc1Nc1cc(F)c(Br)cc1C(=O)NOCC1(CO)CC1.